The molecule has 9 nitrogen and oxygen atoms in total. The van der Waals surface area contributed by atoms with E-state index in [0.717, 1.165) is 25.7 Å². The van der Waals surface area contributed by atoms with Crippen molar-refractivity contribution in [2.24, 2.45) is 0 Å². The van der Waals surface area contributed by atoms with Gasteiger partial charge in [0.1, 0.15) is 6.61 Å². The summed E-state index contributed by atoms with van der Waals surface area (Å²) < 4.78 is 10.2. The van der Waals surface area contributed by atoms with E-state index in [9.17, 15) is 14.4 Å². The second-order valence-electron chi connectivity index (χ2n) is 8.12. The van der Waals surface area contributed by atoms with Crippen molar-refractivity contribution in [3.63, 3.8) is 0 Å². The molecule has 1 aliphatic carbocycles. The number of methoxy groups -OCH3 is 1. The molecule has 2 aliphatic rings. The summed E-state index contributed by atoms with van der Waals surface area (Å²) in [5, 5.41) is 8.71. The van der Waals surface area contributed by atoms with Crippen LogP contribution in [0.1, 0.15) is 50.6 Å². The highest BCUT2D eigenvalue weighted by molar-refractivity contribution is 5.95. The van der Waals surface area contributed by atoms with Gasteiger partial charge in [0.15, 0.2) is 0 Å². The van der Waals surface area contributed by atoms with Gasteiger partial charge in [-0.2, -0.15) is 0 Å². The highest BCUT2D eigenvalue weighted by Gasteiger charge is 2.35. The Balaban J connectivity index is 1.71. The zero-order valence-electron chi connectivity index (χ0n) is 18.9. The van der Waals surface area contributed by atoms with Crippen LogP contribution in [0.25, 0.3) is 0 Å². The summed E-state index contributed by atoms with van der Waals surface area (Å²) in [6.07, 6.45) is 5.54. The molecule has 3 N–H and O–H groups in total. The number of amides is 4. The Labute approximate surface area is 188 Å². The van der Waals surface area contributed by atoms with E-state index in [0.29, 0.717) is 22.5 Å². The average Bonchev–Trinajstić information content (AvgIpc) is 2.78. The van der Waals surface area contributed by atoms with Crippen LogP contribution >= 0.6 is 0 Å². The Morgan fingerprint density at radius 1 is 1.12 bits per heavy atom. The Bertz CT molecular complexity index is 862. The van der Waals surface area contributed by atoms with E-state index in [-0.39, 0.29) is 31.3 Å². The molecule has 1 unspecified atom stereocenters. The largest absolute Gasteiger partial charge is 0.460 e. The lowest BCUT2D eigenvalue weighted by molar-refractivity contribution is -0.140. The van der Waals surface area contributed by atoms with E-state index < -0.39 is 12.0 Å². The van der Waals surface area contributed by atoms with Crippen LogP contribution in [0.4, 0.5) is 15.3 Å². The van der Waals surface area contributed by atoms with Crippen molar-refractivity contribution in [2.75, 3.05) is 32.7 Å². The fourth-order valence-electron chi connectivity index (χ4n) is 4.00. The number of ether oxygens (including phenoxy) is 2. The first-order valence-corrected chi connectivity index (χ1v) is 11.0. The lowest BCUT2D eigenvalue weighted by atomic mass is 9.95. The van der Waals surface area contributed by atoms with E-state index in [1.54, 1.807) is 38.2 Å². The summed E-state index contributed by atoms with van der Waals surface area (Å²) in [7, 11) is 3.13. The molecule has 0 aromatic heterocycles. The molecule has 1 saturated carbocycles. The van der Waals surface area contributed by atoms with E-state index in [2.05, 4.69) is 16.0 Å². The van der Waals surface area contributed by atoms with Crippen molar-refractivity contribution >= 4 is 23.7 Å². The predicted molar refractivity (Wildman–Crippen MR) is 120 cm³/mol. The first-order valence-electron chi connectivity index (χ1n) is 11.0. The molecule has 1 aromatic rings. The van der Waals surface area contributed by atoms with Gasteiger partial charge >= 0.3 is 18.0 Å². The predicted octanol–water partition coefficient (Wildman–Crippen LogP) is 3.30. The number of hydrogen-bond donors (Lipinski definition) is 3. The third kappa shape index (κ3) is 5.79. The lowest BCUT2D eigenvalue weighted by Crippen LogP contribution is -2.46. The fourth-order valence-corrected chi connectivity index (χ4v) is 4.00. The van der Waals surface area contributed by atoms with Gasteiger partial charge in [-0.15, -0.1) is 0 Å². The van der Waals surface area contributed by atoms with Gasteiger partial charge in [-0.05, 0) is 37.5 Å². The van der Waals surface area contributed by atoms with Crippen LogP contribution < -0.4 is 16.0 Å². The van der Waals surface area contributed by atoms with Gasteiger partial charge < -0.3 is 30.3 Å². The molecular formula is C23H32N4O5. The molecule has 1 heterocycles. The second kappa shape index (κ2) is 11.0. The molecule has 9 heteroatoms. The molecule has 1 aromatic carbocycles. The van der Waals surface area contributed by atoms with E-state index in [1.807, 2.05) is 0 Å². The summed E-state index contributed by atoms with van der Waals surface area (Å²) in [6.45, 7) is 2.12. The summed E-state index contributed by atoms with van der Waals surface area (Å²) in [5.74, 6) is -0.509. The molecule has 32 heavy (non-hydrogen) atoms. The molecule has 3 rings (SSSR count). The Morgan fingerprint density at radius 2 is 1.81 bits per heavy atom. The molecule has 0 bridgehead atoms. The Morgan fingerprint density at radius 3 is 2.47 bits per heavy atom. The number of allylic oxidation sites excluding steroid dienone is 1. The second-order valence-corrected chi connectivity index (χ2v) is 8.12. The SMILES string of the molecule is COCCOC(=O)C1=C(C)N(C)C(=O)NC1c1ccc(NC(=O)NC2CCCCC2)cc1. The van der Waals surface area contributed by atoms with Crippen LogP contribution in [0.2, 0.25) is 0 Å². The molecule has 1 atom stereocenters. The molecule has 4 amide bonds. The molecule has 1 fully saturated rings. The van der Waals surface area contributed by atoms with Crippen molar-refractivity contribution < 1.29 is 23.9 Å². The highest BCUT2D eigenvalue weighted by Crippen LogP contribution is 2.31. The third-order valence-electron chi connectivity index (χ3n) is 5.94. The maximum Gasteiger partial charge on any atom is 0.338 e. The van der Waals surface area contributed by atoms with Gasteiger partial charge in [0.05, 0.1) is 18.2 Å². The van der Waals surface area contributed by atoms with Gasteiger partial charge in [-0.3, -0.25) is 0 Å². The molecule has 0 radical (unpaired) electrons. The quantitative estimate of drug-likeness (QED) is 0.442. The van der Waals surface area contributed by atoms with Crippen LogP contribution in [0.5, 0.6) is 0 Å². The monoisotopic (exact) mass is 444 g/mol. The maximum atomic E-state index is 12.7. The minimum Gasteiger partial charge on any atom is -0.460 e. The van der Waals surface area contributed by atoms with Crippen molar-refractivity contribution in [3.8, 4) is 0 Å². The van der Waals surface area contributed by atoms with Crippen LogP contribution in [0.15, 0.2) is 35.5 Å². The van der Waals surface area contributed by atoms with Crippen molar-refractivity contribution in [3.05, 3.63) is 41.1 Å². The van der Waals surface area contributed by atoms with E-state index in [4.69, 9.17) is 9.47 Å². The van der Waals surface area contributed by atoms with Crippen molar-refractivity contribution in [2.45, 2.75) is 51.1 Å². The smallest absolute Gasteiger partial charge is 0.338 e. The van der Waals surface area contributed by atoms with Gasteiger partial charge in [0.2, 0.25) is 0 Å². The minimum absolute atomic E-state index is 0.120. The number of rotatable bonds is 7. The van der Waals surface area contributed by atoms with E-state index in [1.165, 1.54) is 18.4 Å². The molecule has 0 saturated heterocycles. The van der Waals surface area contributed by atoms with Gasteiger partial charge in [0.25, 0.3) is 0 Å². The van der Waals surface area contributed by atoms with Gasteiger partial charge in [-0.1, -0.05) is 31.4 Å². The summed E-state index contributed by atoms with van der Waals surface area (Å²) in [4.78, 5) is 38.8. The van der Waals surface area contributed by atoms with Crippen molar-refractivity contribution in [1.29, 1.82) is 0 Å². The molecular weight excluding hydrogens is 412 g/mol. The van der Waals surface area contributed by atoms with Crippen LogP contribution in [0.3, 0.4) is 0 Å². The number of urea groups is 2. The third-order valence-corrected chi connectivity index (χ3v) is 5.94. The fraction of sp³-hybridized carbons (Fsp3) is 0.522. The number of esters is 1. The zero-order chi connectivity index (χ0) is 23.1. The number of anilines is 1. The molecule has 174 valence electrons. The average molecular weight is 445 g/mol. The number of nitrogens with zero attached hydrogens (tertiary/aromatic N) is 1. The Kier molecular flexibility index (Phi) is 8.10. The first kappa shape index (κ1) is 23.6. The lowest BCUT2D eigenvalue weighted by Gasteiger charge is -2.33. The van der Waals surface area contributed by atoms with E-state index >= 15 is 0 Å². The summed E-state index contributed by atoms with van der Waals surface area (Å²) in [5.41, 5.74) is 2.23. The number of carbonyl (C=O) groups is 3. The number of nitrogens with one attached hydrogen (secondary N) is 3. The summed E-state index contributed by atoms with van der Waals surface area (Å²) >= 11 is 0. The Hall–Kier alpha value is -3.07. The number of hydrogen-bond acceptors (Lipinski definition) is 5. The zero-order valence-corrected chi connectivity index (χ0v) is 18.9. The topological polar surface area (TPSA) is 109 Å². The molecule has 0 spiro atoms. The highest BCUT2D eigenvalue weighted by atomic mass is 16.6. The first-order chi connectivity index (χ1) is 15.4. The minimum atomic E-state index is -0.654. The van der Waals surface area contributed by atoms with Gasteiger partial charge in [0, 0.05) is 31.6 Å². The summed E-state index contributed by atoms with van der Waals surface area (Å²) in [6, 6.07) is 6.10. The van der Waals surface area contributed by atoms with Crippen LogP contribution in [-0.4, -0.2) is 56.3 Å². The normalized spacial score (nSPS) is 19.4. The van der Waals surface area contributed by atoms with Crippen molar-refractivity contribution in [1.82, 2.24) is 15.5 Å². The maximum absolute atomic E-state index is 12.7. The number of benzene rings is 1. The van der Waals surface area contributed by atoms with Crippen LogP contribution in [-0.2, 0) is 14.3 Å². The molecule has 1 aliphatic heterocycles. The number of carbonyl (C=O) groups excluding carboxylic acids is 3. The van der Waals surface area contributed by atoms with Crippen LogP contribution in [0, 0.1) is 0 Å². The van der Waals surface area contributed by atoms with Gasteiger partial charge in [-0.25, -0.2) is 14.4 Å². The standard InChI is InChI=1S/C23H32N4O5/c1-15-19(21(28)32-14-13-31-3)20(26-23(30)27(15)2)16-9-11-18(12-10-16)25-22(29)24-17-7-5-4-6-8-17/h9-12,17,20H,4-8,13-14H2,1-3H3,(H,26,30)(H2,24,25,29).